The van der Waals surface area contributed by atoms with Crippen molar-refractivity contribution in [3.63, 3.8) is 0 Å². The van der Waals surface area contributed by atoms with Crippen LogP contribution in [0.5, 0.6) is 0 Å². The topological polar surface area (TPSA) is 51.8 Å². The summed E-state index contributed by atoms with van der Waals surface area (Å²) in [6.45, 7) is 0. The Bertz CT molecular complexity index is 256. The third kappa shape index (κ3) is 2.92. The van der Waals surface area contributed by atoms with E-state index in [2.05, 4.69) is 22.8 Å². The Morgan fingerprint density at radius 1 is 1.42 bits per heavy atom. The lowest BCUT2D eigenvalue weighted by molar-refractivity contribution is 1.03. The van der Waals surface area contributed by atoms with Gasteiger partial charge in [0.05, 0.1) is 5.69 Å². The molecule has 0 aliphatic carbocycles. The second kappa shape index (κ2) is 4.77. The van der Waals surface area contributed by atoms with Crippen LogP contribution >= 0.6 is 12.6 Å². The first kappa shape index (κ1) is 9.06. The van der Waals surface area contributed by atoms with Gasteiger partial charge < -0.3 is 5.73 Å². The van der Waals surface area contributed by atoms with Crippen LogP contribution in [-0.2, 0) is 0 Å². The first-order chi connectivity index (χ1) is 5.83. The molecule has 0 unspecified atom stereocenters. The summed E-state index contributed by atoms with van der Waals surface area (Å²) in [5, 5.41) is 7.58. The van der Waals surface area contributed by atoms with Crippen molar-refractivity contribution in [3.05, 3.63) is 23.9 Å². The maximum Gasteiger partial charge on any atom is 0.146 e. The summed E-state index contributed by atoms with van der Waals surface area (Å²) in [7, 11) is 0. The van der Waals surface area contributed by atoms with Crippen molar-refractivity contribution >= 4 is 24.5 Å². The summed E-state index contributed by atoms with van der Waals surface area (Å²) in [4.78, 5) is 0. The maximum absolute atomic E-state index is 5.37. The fourth-order valence-corrected chi connectivity index (χ4v) is 0.869. The number of nitrogens with two attached hydrogens (primary N) is 1. The second-order valence-electron chi connectivity index (χ2n) is 2.30. The van der Waals surface area contributed by atoms with Crippen molar-refractivity contribution < 1.29 is 0 Å². The van der Waals surface area contributed by atoms with Crippen molar-refractivity contribution in [1.29, 1.82) is 0 Å². The van der Waals surface area contributed by atoms with Crippen LogP contribution in [0, 0.1) is 0 Å². The molecule has 4 heteroatoms. The van der Waals surface area contributed by atoms with Gasteiger partial charge >= 0.3 is 0 Å². The third-order valence-electron chi connectivity index (χ3n) is 1.29. The molecule has 0 amide bonds. The molecule has 0 aliphatic rings. The molecule has 0 atom stereocenters. The normalized spacial score (nSPS) is 10.8. The molecule has 0 saturated carbocycles. The Morgan fingerprint density at radius 2 is 2.25 bits per heavy atom. The predicted octanol–water partition coefficient (Wildman–Crippen LogP) is 1.39. The van der Waals surface area contributed by atoms with E-state index in [0.717, 1.165) is 17.9 Å². The monoisotopic (exact) mass is 181 g/mol. The molecule has 0 aliphatic heterocycles. The van der Waals surface area contributed by atoms with Gasteiger partial charge in [0.1, 0.15) is 5.82 Å². The van der Waals surface area contributed by atoms with E-state index in [9.17, 15) is 0 Å². The Kier molecular flexibility index (Phi) is 3.60. The molecule has 0 fully saturated rings. The van der Waals surface area contributed by atoms with Crippen molar-refractivity contribution in [2.45, 2.75) is 6.42 Å². The van der Waals surface area contributed by atoms with Gasteiger partial charge in [-0.15, -0.1) is 10.2 Å². The molecule has 12 heavy (non-hydrogen) atoms. The van der Waals surface area contributed by atoms with Crippen LogP contribution in [0.25, 0.3) is 6.08 Å². The number of hydrogen-bond donors (Lipinski definition) is 2. The van der Waals surface area contributed by atoms with Crippen molar-refractivity contribution in [1.82, 2.24) is 10.2 Å². The summed E-state index contributed by atoms with van der Waals surface area (Å²) in [6, 6.07) is 3.56. The summed E-state index contributed by atoms with van der Waals surface area (Å²) >= 11 is 4.08. The minimum absolute atomic E-state index is 0.446. The van der Waals surface area contributed by atoms with Gasteiger partial charge in [0.2, 0.25) is 0 Å². The fourth-order valence-electron chi connectivity index (χ4n) is 0.720. The van der Waals surface area contributed by atoms with Crippen LogP contribution < -0.4 is 5.73 Å². The van der Waals surface area contributed by atoms with E-state index in [0.29, 0.717) is 5.82 Å². The molecule has 3 nitrogen and oxygen atoms in total. The Morgan fingerprint density at radius 3 is 2.83 bits per heavy atom. The lowest BCUT2D eigenvalue weighted by Gasteiger charge is -1.91. The third-order valence-corrected chi connectivity index (χ3v) is 1.55. The summed E-state index contributed by atoms with van der Waals surface area (Å²) < 4.78 is 0. The quantitative estimate of drug-likeness (QED) is 0.693. The van der Waals surface area contributed by atoms with E-state index in [1.165, 1.54) is 0 Å². The van der Waals surface area contributed by atoms with Crippen molar-refractivity contribution in [2.75, 3.05) is 11.5 Å². The molecule has 1 aromatic heterocycles. The molecule has 0 bridgehead atoms. The molecule has 0 aromatic carbocycles. The zero-order valence-corrected chi connectivity index (χ0v) is 7.54. The number of hydrogen-bond acceptors (Lipinski definition) is 4. The van der Waals surface area contributed by atoms with E-state index in [1.54, 1.807) is 6.07 Å². The van der Waals surface area contributed by atoms with Crippen molar-refractivity contribution in [3.8, 4) is 0 Å². The SMILES string of the molecule is Nc1ccc(C=CCCS)nn1. The molecule has 0 spiro atoms. The zero-order valence-electron chi connectivity index (χ0n) is 6.64. The van der Waals surface area contributed by atoms with Gasteiger partial charge in [0.25, 0.3) is 0 Å². The molecule has 1 aromatic rings. The van der Waals surface area contributed by atoms with Crippen LogP contribution in [0.3, 0.4) is 0 Å². The van der Waals surface area contributed by atoms with Crippen LogP contribution in [0.4, 0.5) is 5.82 Å². The first-order valence-electron chi connectivity index (χ1n) is 3.69. The number of nitrogens with zero attached hydrogens (tertiary/aromatic N) is 2. The Labute approximate surface area is 77.1 Å². The molecular weight excluding hydrogens is 170 g/mol. The smallest absolute Gasteiger partial charge is 0.146 e. The van der Waals surface area contributed by atoms with Crippen LogP contribution in [-0.4, -0.2) is 16.0 Å². The van der Waals surface area contributed by atoms with Crippen LogP contribution in [0.15, 0.2) is 18.2 Å². The largest absolute Gasteiger partial charge is 0.382 e. The highest BCUT2D eigenvalue weighted by Crippen LogP contribution is 2.00. The molecular formula is C8H11N3S. The summed E-state index contributed by atoms with van der Waals surface area (Å²) in [5.41, 5.74) is 6.20. The van der Waals surface area contributed by atoms with Crippen LogP contribution in [0.2, 0.25) is 0 Å². The summed E-state index contributed by atoms with van der Waals surface area (Å²) in [5.74, 6) is 1.29. The van der Waals surface area contributed by atoms with E-state index < -0.39 is 0 Å². The van der Waals surface area contributed by atoms with Gasteiger partial charge in [-0.2, -0.15) is 12.6 Å². The Hall–Kier alpha value is -1.03. The Balaban J connectivity index is 2.58. The molecule has 0 radical (unpaired) electrons. The first-order valence-corrected chi connectivity index (χ1v) is 4.33. The highest BCUT2D eigenvalue weighted by molar-refractivity contribution is 7.80. The fraction of sp³-hybridized carbons (Fsp3) is 0.250. The highest BCUT2D eigenvalue weighted by atomic mass is 32.1. The average Bonchev–Trinajstić information content (AvgIpc) is 2.09. The number of anilines is 1. The number of rotatable bonds is 3. The predicted molar refractivity (Wildman–Crippen MR) is 53.9 cm³/mol. The van der Waals surface area contributed by atoms with Gasteiger partial charge in [-0.05, 0) is 30.4 Å². The second-order valence-corrected chi connectivity index (χ2v) is 2.74. The minimum Gasteiger partial charge on any atom is -0.382 e. The molecule has 1 heterocycles. The number of aromatic nitrogens is 2. The van der Waals surface area contributed by atoms with E-state index in [-0.39, 0.29) is 0 Å². The average molecular weight is 181 g/mol. The summed E-state index contributed by atoms with van der Waals surface area (Å²) in [6.07, 6.45) is 4.85. The maximum atomic E-state index is 5.37. The standard InChI is InChI=1S/C8H11N3S/c9-8-5-4-7(10-11-8)3-1-2-6-12/h1,3-5,12H,2,6H2,(H2,9,11). The molecule has 0 saturated heterocycles. The van der Waals surface area contributed by atoms with Crippen molar-refractivity contribution in [2.24, 2.45) is 0 Å². The van der Waals surface area contributed by atoms with Gasteiger partial charge in [-0.25, -0.2) is 0 Å². The lowest BCUT2D eigenvalue weighted by Crippen LogP contribution is -1.92. The molecule has 2 N–H and O–H groups in total. The highest BCUT2D eigenvalue weighted by Gasteiger charge is 1.88. The number of thiol groups is 1. The molecule has 1 rings (SSSR count). The number of nitrogen functional groups attached to an aromatic ring is 1. The van der Waals surface area contributed by atoms with E-state index in [4.69, 9.17) is 5.73 Å². The van der Waals surface area contributed by atoms with Crippen LogP contribution in [0.1, 0.15) is 12.1 Å². The van der Waals surface area contributed by atoms with E-state index in [1.807, 2.05) is 18.2 Å². The lowest BCUT2D eigenvalue weighted by atomic mass is 10.3. The van der Waals surface area contributed by atoms with Gasteiger partial charge in [0, 0.05) is 0 Å². The van der Waals surface area contributed by atoms with Gasteiger partial charge in [-0.3, -0.25) is 0 Å². The number of allylic oxidation sites excluding steroid dienone is 1. The van der Waals surface area contributed by atoms with E-state index >= 15 is 0 Å². The molecule has 64 valence electrons. The van der Waals surface area contributed by atoms with Gasteiger partial charge in [-0.1, -0.05) is 6.08 Å². The minimum atomic E-state index is 0.446. The zero-order chi connectivity index (χ0) is 8.81. The van der Waals surface area contributed by atoms with Gasteiger partial charge in [0.15, 0.2) is 0 Å².